The van der Waals surface area contributed by atoms with Gasteiger partial charge in [-0.25, -0.2) is 4.98 Å². The molecule has 2 saturated heterocycles. The van der Waals surface area contributed by atoms with Crippen LogP contribution in [-0.2, 0) is 4.74 Å². The van der Waals surface area contributed by atoms with Gasteiger partial charge in [-0.2, -0.15) is 0 Å². The monoisotopic (exact) mass is 307 g/mol. The van der Waals surface area contributed by atoms with Gasteiger partial charge >= 0.3 is 0 Å². The molecule has 0 bridgehead atoms. The fourth-order valence-electron chi connectivity index (χ4n) is 3.01. The number of carbonyl (C=O) groups is 1. The molecule has 1 amide bonds. The Labute approximate surface area is 129 Å². The summed E-state index contributed by atoms with van der Waals surface area (Å²) in [5, 5.41) is 10.3. The van der Waals surface area contributed by atoms with E-state index in [4.69, 9.17) is 9.47 Å². The van der Waals surface area contributed by atoms with E-state index in [9.17, 15) is 9.90 Å². The summed E-state index contributed by atoms with van der Waals surface area (Å²) in [6, 6.07) is 3.35. The molecule has 0 aromatic carbocycles. The van der Waals surface area contributed by atoms with Crippen molar-refractivity contribution in [3.63, 3.8) is 0 Å². The first-order valence-corrected chi connectivity index (χ1v) is 7.48. The van der Waals surface area contributed by atoms with Gasteiger partial charge in [0.2, 0.25) is 5.88 Å². The highest BCUT2D eigenvalue weighted by atomic mass is 16.5. The van der Waals surface area contributed by atoms with Crippen LogP contribution in [0, 0.1) is 0 Å². The first-order valence-electron chi connectivity index (χ1n) is 7.48. The number of methoxy groups -OCH3 is 1. The van der Waals surface area contributed by atoms with Crippen molar-refractivity contribution >= 4 is 5.91 Å². The maximum absolute atomic E-state index is 12.5. The molecule has 1 aromatic rings. The summed E-state index contributed by atoms with van der Waals surface area (Å²) in [6.45, 7) is 3.85. The fraction of sp³-hybridized carbons (Fsp3) is 0.600. The number of nitrogens with zero attached hydrogens (tertiary/aromatic N) is 3. The lowest BCUT2D eigenvalue weighted by atomic mass is 10.1. The predicted molar refractivity (Wildman–Crippen MR) is 78.9 cm³/mol. The zero-order chi connectivity index (χ0) is 15.5. The third-order valence-corrected chi connectivity index (χ3v) is 4.25. The maximum Gasteiger partial charge on any atom is 0.255 e. The van der Waals surface area contributed by atoms with Crippen LogP contribution in [0.3, 0.4) is 0 Å². The summed E-state index contributed by atoms with van der Waals surface area (Å²) in [6.07, 6.45) is 0.989. The Balaban J connectivity index is 1.66. The Morgan fingerprint density at radius 3 is 2.77 bits per heavy atom. The number of amides is 1. The first-order chi connectivity index (χ1) is 10.7. The summed E-state index contributed by atoms with van der Waals surface area (Å²) in [4.78, 5) is 20.5. The van der Waals surface area contributed by atoms with Gasteiger partial charge in [0.1, 0.15) is 0 Å². The number of pyridine rings is 1. The molecule has 3 heterocycles. The van der Waals surface area contributed by atoms with E-state index in [2.05, 4.69) is 9.88 Å². The molecular formula is C15H21N3O4. The van der Waals surface area contributed by atoms with E-state index in [0.29, 0.717) is 37.7 Å². The number of hydrogen-bond acceptors (Lipinski definition) is 6. The zero-order valence-corrected chi connectivity index (χ0v) is 12.6. The lowest BCUT2D eigenvalue weighted by Crippen LogP contribution is -2.49. The molecule has 22 heavy (non-hydrogen) atoms. The molecule has 0 saturated carbocycles. The van der Waals surface area contributed by atoms with Crippen LogP contribution in [0.25, 0.3) is 0 Å². The molecule has 7 nitrogen and oxygen atoms in total. The lowest BCUT2D eigenvalue weighted by Gasteiger charge is -2.33. The van der Waals surface area contributed by atoms with Gasteiger partial charge in [-0.3, -0.25) is 9.69 Å². The molecule has 2 aliphatic rings. The Morgan fingerprint density at radius 2 is 2.14 bits per heavy atom. The van der Waals surface area contributed by atoms with Crippen LogP contribution in [-0.4, -0.2) is 84.4 Å². The van der Waals surface area contributed by atoms with Crippen molar-refractivity contribution in [1.29, 1.82) is 0 Å². The molecule has 0 radical (unpaired) electrons. The third kappa shape index (κ3) is 3.06. The highest BCUT2D eigenvalue weighted by Gasteiger charge is 2.38. The van der Waals surface area contributed by atoms with Crippen molar-refractivity contribution in [2.45, 2.75) is 12.1 Å². The summed E-state index contributed by atoms with van der Waals surface area (Å²) >= 11 is 0. The number of carbonyl (C=O) groups excluding carboxylic acids is 1. The predicted octanol–water partition coefficient (Wildman–Crippen LogP) is -0.392. The van der Waals surface area contributed by atoms with Gasteiger partial charge in [0.05, 0.1) is 38.0 Å². The number of aliphatic hydroxyl groups is 1. The quantitative estimate of drug-likeness (QED) is 0.819. The van der Waals surface area contributed by atoms with Crippen molar-refractivity contribution in [3.05, 3.63) is 23.9 Å². The number of aromatic nitrogens is 1. The van der Waals surface area contributed by atoms with Crippen molar-refractivity contribution < 1.29 is 19.4 Å². The summed E-state index contributed by atoms with van der Waals surface area (Å²) in [7, 11) is 1.54. The molecule has 7 heteroatoms. The Hall–Kier alpha value is -1.70. The van der Waals surface area contributed by atoms with Gasteiger partial charge < -0.3 is 19.5 Å². The molecule has 1 N–H and O–H groups in total. The van der Waals surface area contributed by atoms with Crippen LogP contribution in [0.1, 0.15) is 10.4 Å². The van der Waals surface area contributed by atoms with Crippen molar-refractivity contribution in [2.75, 3.05) is 46.5 Å². The second-order valence-electron chi connectivity index (χ2n) is 5.58. The molecule has 0 unspecified atom stereocenters. The smallest absolute Gasteiger partial charge is 0.255 e. The van der Waals surface area contributed by atoms with Gasteiger partial charge in [-0.05, 0) is 6.07 Å². The number of aliphatic hydroxyl groups excluding tert-OH is 1. The van der Waals surface area contributed by atoms with Crippen molar-refractivity contribution in [2.24, 2.45) is 0 Å². The minimum Gasteiger partial charge on any atom is -0.481 e. The van der Waals surface area contributed by atoms with Crippen LogP contribution in [0.4, 0.5) is 0 Å². The average molecular weight is 307 g/mol. The van der Waals surface area contributed by atoms with Crippen LogP contribution in [0.2, 0.25) is 0 Å². The number of ether oxygens (including phenoxy) is 2. The van der Waals surface area contributed by atoms with E-state index in [-0.39, 0.29) is 11.9 Å². The minimum absolute atomic E-state index is 0.0148. The molecule has 2 fully saturated rings. The number of likely N-dealkylation sites (tertiary alicyclic amines) is 1. The van der Waals surface area contributed by atoms with Crippen LogP contribution in [0.15, 0.2) is 18.3 Å². The normalized spacial score (nSPS) is 26.2. The summed E-state index contributed by atoms with van der Waals surface area (Å²) in [5.74, 6) is 0.370. The van der Waals surface area contributed by atoms with E-state index in [1.165, 1.54) is 13.3 Å². The number of rotatable bonds is 3. The number of hydrogen-bond donors (Lipinski definition) is 1. The molecular weight excluding hydrogens is 286 g/mol. The summed E-state index contributed by atoms with van der Waals surface area (Å²) in [5.41, 5.74) is 0.510. The molecule has 2 aliphatic heterocycles. The molecule has 120 valence electrons. The third-order valence-electron chi connectivity index (χ3n) is 4.25. The molecule has 0 aliphatic carbocycles. The zero-order valence-electron chi connectivity index (χ0n) is 12.6. The highest BCUT2D eigenvalue weighted by molar-refractivity contribution is 5.94. The molecule has 3 rings (SSSR count). The van der Waals surface area contributed by atoms with E-state index in [1.807, 2.05) is 0 Å². The second-order valence-corrected chi connectivity index (χ2v) is 5.58. The van der Waals surface area contributed by atoms with Crippen molar-refractivity contribution in [1.82, 2.24) is 14.8 Å². The SMILES string of the molecule is COc1ccc(C(=O)N2C[C@@H](O)[C@H](N3CCOCC3)C2)cn1. The Bertz CT molecular complexity index is 516. The topological polar surface area (TPSA) is 75.1 Å². The van der Waals surface area contributed by atoms with Gasteiger partial charge in [0.15, 0.2) is 0 Å². The number of β-amino-alcohol motifs (C(OH)–C–C–N with tert-alkyl or cyclic N) is 1. The van der Waals surface area contributed by atoms with Gasteiger partial charge in [0.25, 0.3) is 5.91 Å². The fourth-order valence-corrected chi connectivity index (χ4v) is 3.01. The van der Waals surface area contributed by atoms with Crippen LogP contribution < -0.4 is 4.74 Å². The summed E-state index contributed by atoms with van der Waals surface area (Å²) < 4.78 is 10.3. The van der Waals surface area contributed by atoms with Gasteiger partial charge in [0, 0.05) is 38.4 Å². The second kappa shape index (κ2) is 6.60. The Morgan fingerprint density at radius 1 is 1.36 bits per heavy atom. The largest absolute Gasteiger partial charge is 0.481 e. The highest BCUT2D eigenvalue weighted by Crippen LogP contribution is 2.20. The first kappa shape index (κ1) is 15.2. The van der Waals surface area contributed by atoms with Gasteiger partial charge in [-0.1, -0.05) is 0 Å². The van der Waals surface area contributed by atoms with Gasteiger partial charge in [-0.15, -0.1) is 0 Å². The van der Waals surface area contributed by atoms with E-state index >= 15 is 0 Å². The van der Waals surface area contributed by atoms with E-state index in [1.54, 1.807) is 17.0 Å². The molecule has 1 aromatic heterocycles. The Kier molecular flexibility index (Phi) is 4.56. The molecule has 2 atom stereocenters. The minimum atomic E-state index is -0.520. The van der Waals surface area contributed by atoms with E-state index in [0.717, 1.165) is 13.1 Å². The van der Waals surface area contributed by atoms with E-state index < -0.39 is 6.10 Å². The van der Waals surface area contributed by atoms with Crippen LogP contribution in [0.5, 0.6) is 5.88 Å². The average Bonchev–Trinajstić information content (AvgIpc) is 2.97. The lowest BCUT2D eigenvalue weighted by molar-refractivity contribution is -0.00611. The standard InChI is InChI=1S/C15H21N3O4/c1-21-14-3-2-11(8-16-14)15(20)18-9-12(13(19)10-18)17-4-6-22-7-5-17/h2-3,8,12-13,19H,4-7,9-10H2,1H3/t12-,13-/m1/s1. The molecule has 0 spiro atoms. The number of morpholine rings is 1. The van der Waals surface area contributed by atoms with Crippen LogP contribution >= 0.6 is 0 Å². The maximum atomic E-state index is 12.5. The van der Waals surface area contributed by atoms with Crippen molar-refractivity contribution in [3.8, 4) is 5.88 Å².